The van der Waals surface area contributed by atoms with Crippen molar-refractivity contribution < 1.29 is 8.78 Å². The first-order valence-corrected chi connectivity index (χ1v) is 12.5. The zero-order chi connectivity index (χ0) is 26.1. The van der Waals surface area contributed by atoms with Crippen LogP contribution in [0.2, 0.25) is 0 Å². The van der Waals surface area contributed by atoms with E-state index >= 15 is 4.39 Å². The first kappa shape index (κ1) is 24.6. The van der Waals surface area contributed by atoms with Gasteiger partial charge in [0.2, 0.25) is 0 Å². The largest absolute Gasteiger partial charge is 0.353 e. The number of hydrogen-bond acceptors (Lipinski definition) is 6. The third-order valence-corrected chi connectivity index (χ3v) is 6.67. The summed E-state index contributed by atoms with van der Waals surface area (Å²) < 4.78 is 31.3. The Morgan fingerprint density at radius 1 is 1.08 bits per heavy atom. The van der Waals surface area contributed by atoms with Crippen molar-refractivity contribution in [3.63, 3.8) is 0 Å². The van der Waals surface area contributed by atoms with Gasteiger partial charge in [-0.3, -0.25) is 4.40 Å². The molecule has 3 heterocycles. The van der Waals surface area contributed by atoms with Crippen molar-refractivity contribution in [3.05, 3.63) is 101 Å². The van der Waals surface area contributed by atoms with Gasteiger partial charge in [-0.2, -0.15) is 0 Å². The minimum Gasteiger partial charge on any atom is -0.353 e. The molecule has 2 aromatic carbocycles. The molecule has 9 heteroatoms. The molecule has 5 aromatic rings. The van der Waals surface area contributed by atoms with Gasteiger partial charge in [-0.05, 0) is 56.9 Å². The Hall–Kier alpha value is -4.08. The molecule has 6 nitrogen and oxygen atoms in total. The van der Waals surface area contributed by atoms with E-state index in [1.807, 2.05) is 31.6 Å². The van der Waals surface area contributed by atoms with Gasteiger partial charge in [0.1, 0.15) is 23.0 Å². The molecule has 0 aliphatic heterocycles. The normalized spacial score (nSPS) is 11.3. The molecule has 0 radical (unpaired) electrons. The van der Waals surface area contributed by atoms with Crippen molar-refractivity contribution in [1.82, 2.24) is 19.3 Å². The molecule has 0 aliphatic rings. The Balaban J connectivity index is 1.35. The molecule has 0 spiro atoms. The second-order valence-electron chi connectivity index (χ2n) is 8.98. The van der Waals surface area contributed by atoms with Crippen LogP contribution in [0.15, 0.2) is 72.8 Å². The lowest BCUT2D eigenvalue weighted by Crippen LogP contribution is -2.13. The Bertz CT molecular complexity index is 1580. The number of nitrogens with one attached hydrogen (secondary N) is 2. The number of halogens is 2. The van der Waals surface area contributed by atoms with Gasteiger partial charge in [0, 0.05) is 28.9 Å². The van der Waals surface area contributed by atoms with Gasteiger partial charge < -0.3 is 15.5 Å². The van der Waals surface area contributed by atoms with Gasteiger partial charge in [0.15, 0.2) is 5.13 Å². The number of imidazole rings is 1. The number of fused-ring (bicyclic) bond motifs is 1. The molecule has 0 bridgehead atoms. The third kappa shape index (κ3) is 5.09. The molecule has 0 fully saturated rings. The highest BCUT2D eigenvalue weighted by atomic mass is 32.1. The maximum absolute atomic E-state index is 15.0. The van der Waals surface area contributed by atoms with E-state index in [0.29, 0.717) is 22.1 Å². The first-order valence-electron chi connectivity index (χ1n) is 11.6. The molecule has 0 amide bonds. The van der Waals surface area contributed by atoms with Gasteiger partial charge in [-0.15, -0.1) is 11.3 Å². The molecule has 5 rings (SSSR count). The molecule has 0 saturated heterocycles. The Morgan fingerprint density at radius 2 is 1.89 bits per heavy atom. The van der Waals surface area contributed by atoms with Crippen LogP contribution in [0, 0.1) is 18.6 Å². The standard InChI is InChI=1S/C28H26F2N6S/c1-17-7-5-9-21(29)27(17)32-18(2)19-11-12-23(22(30)13-19)33-28-34-24(16-37-28)25-14-31-26-10-6-8-20(36(25)26)15-35(3)4/h5-14,16,32H,2,15H2,1,3-4H3,(H,33,34). The molecule has 0 saturated carbocycles. The Labute approximate surface area is 217 Å². The summed E-state index contributed by atoms with van der Waals surface area (Å²) in [5.74, 6) is -0.857. The number of thiazole rings is 1. The zero-order valence-corrected chi connectivity index (χ0v) is 21.5. The number of para-hydroxylation sites is 1. The lowest BCUT2D eigenvalue weighted by molar-refractivity contribution is 0.395. The van der Waals surface area contributed by atoms with Gasteiger partial charge in [-0.25, -0.2) is 18.7 Å². The summed E-state index contributed by atoms with van der Waals surface area (Å²) in [4.78, 5) is 11.3. The average Bonchev–Trinajstić information content (AvgIpc) is 3.50. The van der Waals surface area contributed by atoms with E-state index in [-0.39, 0.29) is 11.5 Å². The number of anilines is 3. The summed E-state index contributed by atoms with van der Waals surface area (Å²) in [6, 6.07) is 15.5. The van der Waals surface area contributed by atoms with Crippen LogP contribution in [0.4, 0.5) is 25.3 Å². The molecular weight excluding hydrogens is 490 g/mol. The highest BCUT2D eigenvalue weighted by Gasteiger charge is 2.15. The number of benzene rings is 2. The monoisotopic (exact) mass is 516 g/mol. The van der Waals surface area contributed by atoms with Crippen molar-refractivity contribution in [3.8, 4) is 11.4 Å². The van der Waals surface area contributed by atoms with Gasteiger partial charge >= 0.3 is 0 Å². The van der Waals surface area contributed by atoms with E-state index in [1.165, 1.54) is 23.5 Å². The van der Waals surface area contributed by atoms with Crippen LogP contribution >= 0.6 is 11.3 Å². The van der Waals surface area contributed by atoms with Crippen LogP contribution < -0.4 is 10.6 Å². The summed E-state index contributed by atoms with van der Waals surface area (Å²) in [7, 11) is 4.04. The maximum Gasteiger partial charge on any atom is 0.187 e. The van der Waals surface area contributed by atoms with Crippen molar-refractivity contribution in [2.45, 2.75) is 13.5 Å². The first-order chi connectivity index (χ1) is 17.8. The minimum atomic E-state index is -0.467. The fourth-order valence-electron chi connectivity index (χ4n) is 4.11. The molecule has 0 atom stereocenters. The second-order valence-corrected chi connectivity index (χ2v) is 9.84. The van der Waals surface area contributed by atoms with Crippen molar-refractivity contribution in [2.24, 2.45) is 0 Å². The van der Waals surface area contributed by atoms with Gasteiger partial charge in [0.25, 0.3) is 0 Å². The van der Waals surface area contributed by atoms with Crippen molar-refractivity contribution >= 4 is 39.2 Å². The topological polar surface area (TPSA) is 57.5 Å². The predicted octanol–water partition coefficient (Wildman–Crippen LogP) is 6.93. The lowest BCUT2D eigenvalue weighted by Gasteiger charge is -2.14. The molecule has 3 aromatic heterocycles. The quantitative estimate of drug-likeness (QED) is 0.234. The van der Waals surface area contributed by atoms with Crippen LogP contribution in [-0.2, 0) is 6.54 Å². The lowest BCUT2D eigenvalue weighted by atomic mass is 10.1. The zero-order valence-electron chi connectivity index (χ0n) is 20.7. The highest BCUT2D eigenvalue weighted by Crippen LogP contribution is 2.31. The molecular formula is C28H26F2N6S. The van der Waals surface area contributed by atoms with E-state index in [2.05, 4.69) is 42.5 Å². The summed E-state index contributed by atoms with van der Waals surface area (Å²) in [6.07, 6.45) is 1.80. The molecule has 0 aliphatic carbocycles. The molecule has 188 valence electrons. The van der Waals surface area contributed by atoms with E-state index in [9.17, 15) is 4.39 Å². The summed E-state index contributed by atoms with van der Waals surface area (Å²) in [6.45, 7) is 6.50. The molecule has 0 unspecified atom stereocenters. The summed E-state index contributed by atoms with van der Waals surface area (Å²) in [5.41, 5.74) is 5.83. The predicted molar refractivity (Wildman–Crippen MR) is 147 cm³/mol. The number of hydrogen-bond donors (Lipinski definition) is 2. The van der Waals surface area contributed by atoms with Crippen LogP contribution in [0.1, 0.15) is 16.8 Å². The van der Waals surface area contributed by atoms with Crippen LogP contribution in [0.5, 0.6) is 0 Å². The fraction of sp³-hybridized carbons (Fsp3) is 0.143. The maximum atomic E-state index is 15.0. The second kappa shape index (κ2) is 10.1. The summed E-state index contributed by atoms with van der Waals surface area (Å²) >= 11 is 1.38. The van der Waals surface area contributed by atoms with E-state index in [0.717, 1.165) is 34.8 Å². The molecule has 37 heavy (non-hydrogen) atoms. The third-order valence-electron chi connectivity index (χ3n) is 5.91. The highest BCUT2D eigenvalue weighted by molar-refractivity contribution is 7.14. The van der Waals surface area contributed by atoms with Crippen molar-refractivity contribution in [1.29, 1.82) is 0 Å². The van der Waals surface area contributed by atoms with E-state index < -0.39 is 5.82 Å². The van der Waals surface area contributed by atoms with E-state index in [4.69, 9.17) is 0 Å². The SMILES string of the molecule is C=C(Nc1c(C)cccc1F)c1ccc(Nc2nc(-c3cnc4cccc(CN(C)C)n34)cs2)c(F)c1. The Kier molecular flexibility index (Phi) is 6.73. The smallest absolute Gasteiger partial charge is 0.187 e. The average molecular weight is 517 g/mol. The fourth-order valence-corrected chi connectivity index (χ4v) is 4.83. The summed E-state index contributed by atoms with van der Waals surface area (Å²) in [5, 5.41) is 8.51. The number of nitrogens with zero attached hydrogens (tertiary/aromatic N) is 4. The van der Waals surface area contributed by atoms with Crippen LogP contribution in [-0.4, -0.2) is 33.4 Å². The van der Waals surface area contributed by atoms with Gasteiger partial charge in [-0.1, -0.05) is 30.8 Å². The number of rotatable bonds is 8. The van der Waals surface area contributed by atoms with Crippen LogP contribution in [0.3, 0.4) is 0 Å². The van der Waals surface area contributed by atoms with Gasteiger partial charge in [0.05, 0.1) is 23.3 Å². The molecule has 2 N–H and O–H groups in total. The number of aryl methyl sites for hydroxylation is 1. The Morgan fingerprint density at radius 3 is 2.65 bits per heavy atom. The minimum absolute atomic E-state index is 0.283. The van der Waals surface area contributed by atoms with Crippen molar-refractivity contribution in [2.75, 3.05) is 24.7 Å². The van der Waals surface area contributed by atoms with Crippen LogP contribution in [0.25, 0.3) is 22.7 Å². The number of aromatic nitrogens is 3. The number of pyridine rings is 1. The van der Waals surface area contributed by atoms with E-state index in [1.54, 1.807) is 37.4 Å².